The van der Waals surface area contributed by atoms with Gasteiger partial charge in [0.25, 0.3) is 6.43 Å². The van der Waals surface area contributed by atoms with Gasteiger partial charge in [-0.25, -0.2) is 8.78 Å². The molecule has 0 unspecified atom stereocenters. The Morgan fingerprint density at radius 1 is 1.00 bits per heavy atom. The fourth-order valence-corrected chi connectivity index (χ4v) is 1.46. The lowest BCUT2D eigenvalue weighted by Crippen LogP contribution is -1.94. The van der Waals surface area contributed by atoms with Crippen molar-refractivity contribution in [1.82, 2.24) is 0 Å². The number of nitrogens with two attached hydrogens (primary N) is 1. The Morgan fingerprint density at radius 3 is 2.14 bits per heavy atom. The average molecular weight is 193 g/mol. The summed E-state index contributed by atoms with van der Waals surface area (Å²) in [7, 11) is 0. The minimum Gasteiger partial charge on any atom is -0.398 e. The topological polar surface area (TPSA) is 26.0 Å². The molecule has 0 fully saturated rings. The maximum absolute atomic E-state index is 12.5. The molecule has 72 valence electrons. The number of fused-ring (bicyclic) bond motifs is 1. The monoisotopic (exact) mass is 193 g/mol. The molecule has 0 heterocycles. The van der Waals surface area contributed by atoms with Crippen molar-refractivity contribution < 1.29 is 8.78 Å². The van der Waals surface area contributed by atoms with Crippen LogP contribution in [0.4, 0.5) is 14.5 Å². The molecule has 0 aromatic heterocycles. The van der Waals surface area contributed by atoms with E-state index >= 15 is 0 Å². The van der Waals surface area contributed by atoms with Crippen molar-refractivity contribution in [2.45, 2.75) is 6.43 Å². The molecule has 0 radical (unpaired) electrons. The van der Waals surface area contributed by atoms with Gasteiger partial charge < -0.3 is 5.73 Å². The van der Waals surface area contributed by atoms with Gasteiger partial charge in [-0.1, -0.05) is 24.3 Å². The lowest BCUT2D eigenvalue weighted by molar-refractivity contribution is 0.152. The van der Waals surface area contributed by atoms with Crippen molar-refractivity contribution in [2.75, 3.05) is 5.73 Å². The van der Waals surface area contributed by atoms with Gasteiger partial charge in [0, 0.05) is 11.3 Å². The minimum absolute atomic E-state index is 0.0938. The van der Waals surface area contributed by atoms with Crippen LogP contribution >= 0.6 is 0 Å². The zero-order chi connectivity index (χ0) is 10.1. The highest BCUT2D eigenvalue weighted by Gasteiger charge is 2.11. The number of hydrogen-bond donors (Lipinski definition) is 1. The van der Waals surface area contributed by atoms with Crippen LogP contribution in [-0.2, 0) is 0 Å². The molecule has 0 aliphatic carbocycles. The lowest BCUT2D eigenvalue weighted by Gasteiger charge is -2.06. The van der Waals surface area contributed by atoms with E-state index in [1.165, 1.54) is 6.07 Å². The van der Waals surface area contributed by atoms with Crippen LogP contribution in [0.25, 0.3) is 10.8 Å². The van der Waals surface area contributed by atoms with Crippen molar-refractivity contribution in [2.24, 2.45) is 0 Å². The number of alkyl halides is 2. The third-order valence-corrected chi connectivity index (χ3v) is 2.19. The summed E-state index contributed by atoms with van der Waals surface area (Å²) < 4.78 is 25.0. The Labute approximate surface area is 80.1 Å². The standard InChI is InChI=1S/C11H9F2N/c12-11(13)9-5-7-3-1-2-4-8(7)6-10(9)14/h1-6,11H,14H2. The van der Waals surface area contributed by atoms with E-state index in [-0.39, 0.29) is 11.3 Å². The van der Waals surface area contributed by atoms with E-state index in [9.17, 15) is 8.78 Å². The summed E-state index contributed by atoms with van der Waals surface area (Å²) in [5, 5.41) is 1.67. The van der Waals surface area contributed by atoms with Crippen LogP contribution in [0.2, 0.25) is 0 Å². The van der Waals surface area contributed by atoms with Crippen molar-refractivity contribution in [3.05, 3.63) is 42.0 Å². The van der Waals surface area contributed by atoms with E-state index in [4.69, 9.17) is 5.73 Å². The third kappa shape index (κ3) is 1.41. The molecule has 0 aliphatic heterocycles. The fourth-order valence-electron chi connectivity index (χ4n) is 1.46. The molecule has 0 saturated carbocycles. The quantitative estimate of drug-likeness (QED) is 0.690. The second kappa shape index (κ2) is 3.25. The molecule has 0 aliphatic rings. The van der Waals surface area contributed by atoms with E-state index in [0.29, 0.717) is 0 Å². The fraction of sp³-hybridized carbons (Fsp3) is 0.0909. The number of rotatable bonds is 1. The second-order valence-electron chi connectivity index (χ2n) is 3.13. The number of nitrogen functional groups attached to an aromatic ring is 1. The summed E-state index contributed by atoms with van der Waals surface area (Å²) in [6, 6.07) is 10.3. The van der Waals surface area contributed by atoms with E-state index in [1.54, 1.807) is 12.1 Å². The van der Waals surface area contributed by atoms with Gasteiger partial charge in [-0.05, 0) is 22.9 Å². The molecule has 0 saturated heterocycles. The van der Waals surface area contributed by atoms with Gasteiger partial charge in [0.1, 0.15) is 0 Å². The molecule has 0 spiro atoms. The first-order chi connectivity index (χ1) is 6.68. The summed E-state index contributed by atoms with van der Waals surface area (Å²) >= 11 is 0. The molecule has 1 nitrogen and oxygen atoms in total. The summed E-state index contributed by atoms with van der Waals surface area (Å²) in [4.78, 5) is 0. The van der Waals surface area contributed by atoms with Crippen molar-refractivity contribution in [3.63, 3.8) is 0 Å². The molecule has 0 bridgehead atoms. The molecule has 0 amide bonds. The van der Waals surface area contributed by atoms with Crippen LogP contribution in [0.5, 0.6) is 0 Å². The molecule has 0 atom stereocenters. The third-order valence-electron chi connectivity index (χ3n) is 2.19. The highest BCUT2D eigenvalue weighted by atomic mass is 19.3. The van der Waals surface area contributed by atoms with Crippen LogP contribution in [0, 0.1) is 0 Å². The first-order valence-corrected chi connectivity index (χ1v) is 4.25. The van der Waals surface area contributed by atoms with E-state index in [1.807, 2.05) is 18.2 Å². The SMILES string of the molecule is Nc1cc2ccccc2cc1C(F)F. The smallest absolute Gasteiger partial charge is 0.265 e. The van der Waals surface area contributed by atoms with Gasteiger partial charge in [0.05, 0.1) is 0 Å². The lowest BCUT2D eigenvalue weighted by atomic mass is 10.1. The first-order valence-electron chi connectivity index (χ1n) is 4.25. The minimum atomic E-state index is -2.51. The van der Waals surface area contributed by atoms with Crippen molar-refractivity contribution in [1.29, 1.82) is 0 Å². The highest BCUT2D eigenvalue weighted by molar-refractivity contribution is 5.86. The van der Waals surface area contributed by atoms with Crippen LogP contribution in [0.3, 0.4) is 0 Å². The second-order valence-corrected chi connectivity index (χ2v) is 3.13. The van der Waals surface area contributed by atoms with Crippen LogP contribution < -0.4 is 5.73 Å². The van der Waals surface area contributed by atoms with Crippen LogP contribution in [-0.4, -0.2) is 0 Å². The van der Waals surface area contributed by atoms with E-state index in [0.717, 1.165) is 10.8 Å². The summed E-state index contributed by atoms with van der Waals surface area (Å²) in [6.07, 6.45) is -2.51. The summed E-state index contributed by atoms with van der Waals surface area (Å²) in [5.74, 6) is 0. The van der Waals surface area contributed by atoms with Crippen LogP contribution in [0.1, 0.15) is 12.0 Å². The molecule has 2 aromatic rings. The molecule has 3 heteroatoms. The van der Waals surface area contributed by atoms with E-state index < -0.39 is 6.43 Å². The van der Waals surface area contributed by atoms with Crippen LogP contribution in [0.15, 0.2) is 36.4 Å². The zero-order valence-electron chi connectivity index (χ0n) is 7.37. The van der Waals surface area contributed by atoms with Gasteiger partial charge in [0.15, 0.2) is 0 Å². The predicted octanol–water partition coefficient (Wildman–Crippen LogP) is 3.36. The van der Waals surface area contributed by atoms with E-state index in [2.05, 4.69) is 0 Å². The summed E-state index contributed by atoms with van der Waals surface area (Å²) in [6.45, 7) is 0. The Morgan fingerprint density at radius 2 is 1.57 bits per heavy atom. The molecule has 14 heavy (non-hydrogen) atoms. The molecular formula is C11H9F2N. The van der Waals surface area contributed by atoms with Gasteiger partial charge in [-0.2, -0.15) is 0 Å². The molecule has 2 rings (SSSR count). The Balaban J connectivity index is 2.71. The van der Waals surface area contributed by atoms with Gasteiger partial charge in [0.2, 0.25) is 0 Å². The maximum Gasteiger partial charge on any atom is 0.265 e. The molecule has 2 N–H and O–H groups in total. The van der Waals surface area contributed by atoms with Gasteiger partial charge in [-0.3, -0.25) is 0 Å². The number of hydrogen-bond acceptors (Lipinski definition) is 1. The average Bonchev–Trinajstić information content (AvgIpc) is 2.16. The Kier molecular flexibility index (Phi) is 2.08. The predicted molar refractivity (Wildman–Crippen MR) is 53.3 cm³/mol. The molecular weight excluding hydrogens is 184 g/mol. The number of benzene rings is 2. The highest BCUT2D eigenvalue weighted by Crippen LogP contribution is 2.29. The number of anilines is 1. The summed E-state index contributed by atoms with van der Waals surface area (Å²) in [5.41, 5.74) is 5.57. The maximum atomic E-state index is 12.5. The van der Waals surface area contributed by atoms with Gasteiger partial charge >= 0.3 is 0 Å². The number of halogens is 2. The van der Waals surface area contributed by atoms with Crippen molar-refractivity contribution >= 4 is 16.5 Å². The van der Waals surface area contributed by atoms with Gasteiger partial charge in [-0.15, -0.1) is 0 Å². The largest absolute Gasteiger partial charge is 0.398 e. The molecule has 2 aromatic carbocycles. The normalized spacial score (nSPS) is 11.1. The van der Waals surface area contributed by atoms with Crippen molar-refractivity contribution in [3.8, 4) is 0 Å². The Bertz CT molecular complexity index is 466. The first kappa shape index (κ1) is 8.94. The zero-order valence-corrected chi connectivity index (χ0v) is 7.37. The Hall–Kier alpha value is -1.64.